The maximum Gasteiger partial charge on any atom is 0.223 e. The highest BCUT2D eigenvalue weighted by molar-refractivity contribution is 6.42. The van der Waals surface area contributed by atoms with E-state index in [1.54, 1.807) is 6.26 Å². The number of nitrogens with zero attached hydrogens (tertiary/aromatic N) is 1. The zero-order chi connectivity index (χ0) is 18.4. The highest BCUT2D eigenvalue weighted by Gasteiger charge is 2.24. The number of piperidine rings is 1. The number of halogens is 2. The van der Waals surface area contributed by atoms with E-state index in [1.807, 2.05) is 30.3 Å². The Labute approximate surface area is 164 Å². The SMILES string of the molecule is O=C(NCCCc1ccco1)C1CCN(Cc2ccc(Cl)c(Cl)c2)CC1. The van der Waals surface area contributed by atoms with Gasteiger partial charge >= 0.3 is 0 Å². The lowest BCUT2D eigenvalue weighted by Crippen LogP contribution is -2.40. The minimum Gasteiger partial charge on any atom is -0.469 e. The van der Waals surface area contributed by atoms with Crippen molar-refractivity contribution >= 4 is 29.1 Å². The second kappa shape index (κ2) is 9.45. The van der Waals surface area contributed by atoms with E-state index >= 15 is 0 Å². The van der Waals surface area contributed by atoms with Crippen LogP contribution in [0.25, 0.3) is 0 Å². The zero-order valence-electron chi connectivity index (χ0n) is 14.7. The largest absolute Gasteiger partial charge is 0.469 e. The van der Waals surface area contributed by atoms with Gasteiger partial charge in [0.1, 0.15) is 5.76 Å². The van der Waals surface area contributed by atoms with E-state index in [4.69, 9.17) is 27.6 Å². The summed E-state index contributed by atoms with van der Waals surface area (Å²) in [5.41, 5.74) is 1.15. The highest BCUT2D eigenvalue weighted by atomic mass is 35.5. The first kappa shape index (κ1) is 19.3. The number of carbonyl (C=O) groups is 1. The Morgan fingerprint density at radius 1 is 1.19 bits per heavy atom. The summed E-state index contributed by atoms with van der Waals surface area (Å²) < 4.78 is 5.30. The van der Waals surface area contributed by atoms with Crippen molar-refractivity contribution in [3.05, 3.63) is 58.0 Å². The second-order valence-corrected chi connectivity index (χ2v) is 7.59. The Bertz CT molecular complexity index is 711. The summed E-state index contributed by atoms with van der Waals surface area (Å²) in [6.45, 7) is 3.38. The molecule has 1 N–H and O–H groups in total. The van der Waals surface area contributed by atoms with Crippen LogP contribution in [0.5, 0.6) is 0 Å². The summed E-state index contributed by atoms with van der Waals surface area (Å²) in [7, 11) is 0. The monoisotopic (exact) mass is 394 g/mol. The van der Waals surface area contributed by atoms with Crippen LogP contribution in [0.3, 0.4) is 0 Å². The molecule has 0 aliphatic carbocycles. The fraction of sp³-hybridized carbons (Fsp3) is 0.450. The molecule has 0 unspecified atom stereocenters. The summed E-state index contributed by atoms with van der Waals surface area (Å²) in [6, 6.07) is 9.61. The molecule has 0 saturated carbocycles. The van der Waals surface area contributed by atoms with Crippen molar-refractivity contribution < 1.29 is 9.21 Å². The smallest absolute Gasteiger partial charge is 0.223 e. The maximum absolute atomic E-state index is 12.3. The lowest BCUT2D eigenvalue weighted by atomic mass is 9.95. The van der Waals surface area contributed by atoms with Crippen molar-refractivity contribution in [3.8, 4) is 0 Å². The van der Waals surface area contributed by atoms with Crippen LogP contribution in [0.2, 0.25) is 10.0 Å². The number of carbonyl (C=O) groups excluding carboxylic acids is 1. The predicted octanol–water partition coefficient (Wildman–Crippen LogP) is 4.55. The van der Waals surface area contributed by atoms with E-state index in [0.717, 1.165) is 56.6 Å². The molecule has 1 aliphatic heterocycles. The summed E-state index contributed by atoms with van der Waals surface area (Å²) >= 11 is 12.0. The molecule has 2 heterocycles. The zero-order valence-corrected chi connectivity index (χ0v) is 16.2. The molecule has 140 valence electrons. The molecule has 3 rings (SSSR count). The molecule has 2 aromatic rings. The predicted molar refractivity (Wildman–Crippen MR) is 105 cm³/mol. The van der Waals surface area contributed by atoms with Crippen LogP contribution in [-0.2, 0) is 17.8 Å². The van der Waals surface area contributed by atoms with Crippen LogP contribution in [-0.4, -0.2) is 30.4 Å². The topological polar surface area (TPSA) is 45.5 Å². The number of nitrogens with one attached hydrogen (secondary N) is 1. The molecule has 1 aromatic heterocycles. The Hall–Kier alpha value is -1.49. The Kier molecular flexibility index (Phi) is 7.00. The number of aryl methyl sites for hydroxylation is 1. The van der Waals surface area contributed by atoms with E-state index in [1.165, 1.54) is 0 Å². The average molecular weight is 395 g/mol. The third kappa shape index (κ3) is 5.50. The van der Waals surface area contributed by atoms with Gasteiger partial charge in [0.15, 0.2) is 0 Å². The van der Waals surface area contributed by atoms with Crippen molar-refractivity contribution in [1.82, 2.24) is 10.2 Å². The molecule has 0 radical (unpaired) electrons. The molecule has 1 fully saturated rings. The second-order valence-electron chi connectivity index (χ2n) is 6.77. The Balaban J connectivity index is 1.36. The number of furan rings is 1. The summed E-state index contributed by atoms with van der Waals surface area (Å²) in [6.07, 6.45) is 5.22. The molecule has 6 heteroatoms. The number of hydrogen-bond donors (Lipinski definition) is 1. The Morgan fingerprint density at radius 3 is 2.69 bits per heavy atom. The number of likely N-dealkylation sites (tertiary alicyclic amines) is 1. The fourth-order valence-electron chi connectivity index (χ4n) is 3.32. The Morgan fingerprint density at radius 2 is 2.00 bits per heavy atom. The molecular weight excluding hydrogens is 371 g/mol. The van der Waals surface area contributed by atoms with Crippen molar-refractivity contribution in [2.24, 2.45) is 5.92 Å². The molecule has 0 spiro atoms. The third-order valence-electron chi connectivity index (χ3n) is 4.83. The van der Waals surface area contributed by atoms with Crippen LogP contribution in [0.1, 0.15) is 30.6 Å². The minimum absolute atomic E-state index is 0.115. The normalized spacial score (nSPS) is 15.9. The maximum atomic E-state index is 12.3. The van der Waals surface area contributed by atoms with Crippen LogP contribution in [0.4, 0.5) is 0 Å². The fourth-order valence-corrected chi connectivity index (χ4v) is 3.64. The van der Waals surface area contributed by atoms with Gasteiger partial charge in [0, 0.05) is 25.4 Å². The van der Waals surface area contributed by atoms with Crippen molar-refractivity contribution in [2.45, 2.75) is 32.2 Å². The molecule has 1 aromatic carbocycles. The third-order valence-corrected chi connectivity index (χ3v) is 5.57. The average Bonchev–Trinajstić information content (AvgIpc) is 3.16. The number of hydrogen-bond acceptors (Lipinski definition) is 3. The lowest BCUT2D eigenvalue weighted by molar-refractivity contribution is -0.126. The van der Waals surface area contributed by atoms with Gasteiger partial charge in [-0.15, -0.1) is 0 Å². The van der Waals surface area contributed by atoms with E-state index < -0.39 is 0 Å². The highest BCUT2D eigenvalue weighted by Crippen LogP contribution is 2.25. The molecule has 0 bridgehead atoms. The first-order chi connectivity index (χ1) is 12.6. The molecule has 26 heavy (non-hydrogen) atoms. The van der Waals surface area contributed by atoms with Gasteiger partial charge in [-0.05, 0) is 62.2 Å². The molecule has 1 amide bonds. The van der Waals surface area contributed by atoms with Gasteiger partial charge in [0.2, 0.25) is 5.91 Å². The first-order valence-electron chi connectivity index (χ1n) is 9.08. The number of benzene rings is 1. The minimum atomic E-state index is 0.115. The van der Waals surface area contributed by atoms with Crippen LogP contribution in [0.15, 0.2) is 41.0 Å². The van der Waals surface area contributed by atoms with Crippen molar-refractivity contribution in [1.29, 1.82) is 0 Å². The number of amides is 1. The van der Waals surface area contributed by atoms with Gasteiger partial charge in [0.25, 0.3) is 0 Å². The van der Waals surface area contributed by atoms with Gasteiger partial charge in [-0.1, -0.05) is 29.3 Å². The lowest BCUT2D eigenvalue weighted by Gasteiger charge is -2.31. The molecule has 4 nitrogen and oxygen atoms in total. The van der Waals surface area contributed by atoms with Crippen LogP contribution < -0.4 is 5.32 Å². The van der Waals surface area contributed by atoms with Crippen molar-refractivity contribution in [2.75, 3.05) is 19.6 Å². The number of rotatable bonds is 7. The van der Waals surface area contributed by atoms with Gasteiger partial charge in [-0.3, -0.25) is 9.69 Å². The van der Waals surface area contributed by atoms with Crippen LogP contribution >= 0.6 is 23.2 Å². The summed E-state index contributed by atoms with van der Waals surface area (Å²) in [4.78, 5) is 14.7. The summed E-state index contributed by atoms with van der Waals surface area (Å²) in [5, 5.41) is 4.23. The van der Waals surface area contributed by atoms with Crippen molar-refractivity contribution in [3.63, 3.8) is 0 Å². The summed E-state index contributed by atoms with van der Waals surface area (Å²) in [5.74, 6) is 1.26. The van der Waals surface area contributed by atoms with E-state index in [9.17, 15) is 4.79 Å². The molecular formula is C20H24Cl2N2O2. The standard InChI is InChI=1S/C20H24Cl2N2O2/c21-18-6-5-15(13-19(18)22)14-24-10-7-16(8-11-24)20(25)23-9-1-3-17-4-2-12-26-17/h2,4-6,12-13,16H,1,3,7-11,14H2,(H,23,25). The van der Waals surface area contributed by atoms with Gasteiger partial charge < -0.3 is 9.73 Å². The van der Waals surface area contributed by atoms with E-state index in [0.29, 0.717) is 16.6 Å². The molecule has 1 saturated heterocycles. The molecule has 0 atom stereocenters. The molecule has 1 aliphatic rings. The van der Waals surface area contributed by atoms with E-state index in [2.05, 4.69) is 10.2 Å². The quantitative estimate of drug-likeness (QED) is 0.700. The van der Waals surface area contributed by atoms with Gasteiger partial charge in [-0.2, -0.15) is 0 Å². The first-order valence-corrected chi connectivity index (χ1v) is 9.84. The van der Waals surface area contributed by atoms with Gasteiger partial charge in [0.05, 0.1) is 16.3 Å². The van der Waals surface area contributed by atoms with E-state index in [-0.39, 0.29) is 11.8 Å². The van der Waals surface area contributed by atoms with Gasteiger partial charge in [-0.25, -0.2) is 0 Å². The van der Waals surface area contributed by atoms with Crippen LogP contribution in [0, 0.1) is 5.92 Å².